The number of nitrogens with zero attached hydrogens (tertiary/aromatic N) is 6. The first kappa shape index (κ1) is 23.5. The van der Waals surface area contributed by atoms with Crippen molar-refractivity contribution in [3.05, 3.63) is 59.9 Å². The minimum atomic E-state index is -3.26. The molecule has 0 unspecified atom stereocenters. The molecule has 0 N–H and O–H groups in total. The van der Waals surface area contributed by atoms with Crippen LogP contribution in [0.2, 0.25) is 0 Å². The first-order valence-electron chi connectivity index (χ1n) is 12.2. The maximum absolute atomic E-state index is 12.0. The molecule has 37 heavy (non-hydrogen) atoms. The van der Waals surface area contributed by atoms with Crippen LogP contribution in [0.25, 0.3) is 11.1 Å². The van der Waals surface area contributed by atoms with Gasteiger partial charge in [0.05, 0.1) is 16.7 Å². The molecule has 1 saturated heterocycles. The number of furan rings is 1. The molecule has 2 aliphatic rings. The maximum atomic E-state index is 12.0. The molecule has 2 aliphatic heterocycles. The summed E-state index contributed by atoms with van der Waals surface area (Å²) in [5.74, 6) is 1.56. The normalized spacial score (nSPS) is 16.4. The van der Waals surface area contributed by atoms with Gasteiger partial charge in [-0.05, 0) is 55.9 Å². The fraction of sp³-hybridized carbons (Fsp3) is 0.346. The fourth-order valence-corrected chi connectivity index (χ4v) is 5.90. The Morgan fingerprint density at radius 2 is 1.81 bits per heavy atom. The van der Waals surface area contributed by atoms with Gasteiger partial charge in [-0.1, -0.05) is 0 Å². The zero-order valence-corrected chi connectivity index (χ0v) is 21.4. The second kappa shape index (κ2) is 8.91. The van der Waals surface area contributed by atoms with Crippen LogP contribution in [0.15, 0.2) is 52.5 Å². The Morgan fingerprint density at radius 1 is 1.05 bits per heavy atom. The highest BCUT2D eigenvalue weighted by molar-refractivity contribution is 7.90. The number of hydrogen-bond donors (Lipinski definition) is 0. The average Bonchev–Trinajstić information content (AvgIpc) is 3.52. The van der Waals surface area contributed by atoms with Crippen molar-refractivity contribution in [3.8, 4) is 0 Å². The van der Waals surface area contributed by atoms with Crippen LogP contribution in [0.5, 0.6) is 0 Å². The van der Waals surface area contributed by atoms with E-state index in [9.17, 15) is 13.2 Å². The predicted molar refractivity (Wildman–Crippen MR) is 138 cm³/mol. The Balaban J connectivity index is 1.23. The van der Waals surface area contributed by atoms with Crippen LogP contribution < -0.4 is 9.80 Å². The van der Waals surface area contributed by atoms with Gasteiger partial charge in [-0.3, -0.25) is 4.79 Å². The zero-order chi connectivity index (χ0) is 25.7. The molecule has 1 aromatic carbocycles. The molecular weight excluding hydrogens is 492 g/mol. The van der Waals surface area contributed by atoms with E-state index < -0.39 is 9.84 Å². The number of benzene rings is 1. The minimum absolute atomic E-state index is 0.0467. The topological polar surface area (TPSA) is 122 Å². The smallest absolute Gasteiger partial charge is 0.225 e. The molecule has 0 aliphatic carbocycles. The van der Waals surface area contributed by atoms with Crippen molar-refractivity contribution in [2.45, 2.75) is 37.0 Å². The molecule has 11 heteroatoms. The third-order valence-corrected chi connectivity index (χ3v) is 8.37. The highest BCUT2D eigenvalue weighted by Crippen LogP contribution is 2.41. The lowest BCUT2D eigenvalue weighted by Crippen LogP contribution is -2.34. The van der Waals surface area contributed by atoms with E-state index in [0.717, 1.165) is 54.7 Å². The zero-order valence-electron chi connectivity index (χ0n) is 20.6. The molecule has 0 atom stereocenters. The summed E-state index contributed by atoms with van der Waals surface area (Å²) in [5, 5.41) is 0. The lowest BCUT2D eigenvalue weighted by Gasteiger charge is -2.31. The highest BCUT2D eigenvalue weighted by Gasteiger charge is 2.29. The van der Waals surface area contributed by atoms with Crippen molar-refractivity contribution < 1.29 is 17.6 Å². The van der Waals surface area contributed by atoms with E-state index in [1.54, 1.807) is 37.1 Å². The number of piperidine rings is 1. The van der Waals surface area contributed by atoms with Gasteiger partial charge < -0.3 is 14.2 Å². The van der Waals surface area contributed by atoms with Crippen LogP contribution in [-0.2, 0) is 16.3 Å². The number of ketones is 1. The molecule has 4 aromatic rings. The Labute approximate surface area is 214 Å². The predicted octanol–water partition coefficient (Wildman–Crippen LogP) is 3.70. The molecule has 5 heterocycles. The third-order valence-electron chi connectivity index (χ3n) is 7.25. The number of carbonyl (C=O) groups excluding carboxylic acids is 1. The van der Waals surface area contributed by atoms with E-state index >= 15 is 0 Å². The first-order chi connectivity index (χ1) is 17.8. The maximum Gasteiger partial charge on any atom is 0.225 e. The van der Waals surface area contributed by atoms with Crippen molar-refractivity contribution in [2.24, 2.45) is 0 Å². The highest BCUT2D eigenvalue weighted by atomic mass is 32.2. The van der Waals surface area contributed by atoms with Gasteiger partial charge in [0.2, 0.25) is 5.95 Å². The van der Waals surface area contributed by atoms with Crippen LogP contribution in [0.1, 0.15) is 47.2 Å². The van der Waals surface area contributed by atoms with Gasteiger partial charge in [-0.15, -0.1) is 0 Å². The summed E-state index contributed by atoms with van der Waals surface area (Å²) in [6.07, 6.45) is 10.3. The van der Waals surface area contributed by atoms with Gasteiger partial charge in [-0.2, -0.15) is 0 Å². The average molecular weight is 519 g/mol. The standard InChI is InChI=1S/C26H26N6O4S/c1-16(33)19-12-27-26(28-13-19)31-8-5-17(6-9-31)21-14-36-24-23(21)29-15-30-25(24)32-10-7-18-11-20(37(2,34)35)3-4-22(18)32/h3-4,11-15,17H,5-10H2,1-2H3. The van der Waals surface area contributed by atoms with Crippen molar-refractivity contribution in [1.82, 2.24) is 19.9 Å². The van der Waals surface area contributed by atoms with Crippen LogP contribution in [0.4, 0.5) is 17.5 Å². The summed E-state index contributed by atoms with van der Waals surface area (Å²) in [4.78, 5) is 33.9. The van der Waals surface area contributed by atoms with Crippen molar-refractivity contribution in [1.29, 1.82) is 0 Å². The summed E-state index contributed by atoms with van der Waals surface area (Å²) in [6, 6.07) is 5.24. The molecule has 10 nitrogen and oxygen atoms in total. The number of Topliss-reactive ketones (excluding diaryl/α,β-unsaturated/α-hetero) is 1. The van der Waals surface area contributed by atoms with E-state index in [2.05, 4.69) is 29.7 Å². The summed E-state index contributed by atoms with van der Waals surface area (Å²) >= 11 is 0. The summed E-state index contributed by atoms with van der Waals surface area (Å²) in [7, 11) is -3.26. The number of fused-ring (bicyclic) bond motifs is 2. The van der Waals surface area contributed by atoms with Crippen LogP contribution in [0.3, 0.4) is 0 Å². The third kappa shape index (κ3) is 4.22. The fourth-order valence-electron chi connectivity index (χ4n) is 5.22. The molecule has 190 valence electrons. The van der Waals surface area contributed by atoms with Crippen molar-refractivity contribution in [2.75, 3.05) is 35.7 Å². The molecule has 0 radical (unpaired) electrons. The lowest BCUT2D eigenvalue weighted by atomic mass is 9.90. The van der Waals surface area contributed by atoms with Crippen LogP contribution in [0, 0.1) is 0 Å². The van der Waals surface area contributed by atoms with E-state index in [1.165, 1.54) is 13.2 Å². The number of carbonyl (C=O) groups is 1. The molecule has 3 aromatic heterocycles. The molecule has 0 bridgehead atoms. The monoisotopic (exact) mass is 518 g/mol. The van der Waals surface area contributed by atoms with E-state index in [4.69, 9.17) is 4.42 Å². The minimum Gasteiger partial charge on any atom is -0.458 e. The molecule has 0 saturated carbocycles. The Hall–Kier alpha value is -3.86. The van der Waals surface area contributed by atoms with Gasteiger partial charge in [0.15, 0.2) is 27.0 Å². The number of anilines is 3. The van der Waals surface area contributed by atoms with Gasteiger partial charge >= 0.3 is 0 Å². The number of sulfone groups is 1. The largest absolute Gasteiger partial charge is 0.458 e. The van der Waals surface area contributed by atoms with Gasteiger partial charge in [0.25, 0.3) is 0 Å². The SMILES string of the molecule is CC(=O)c1cnc(N2CCC(c3coc4c(N5CCc6cc(S(C)(=O)=O)ccc65)ncnc34)CC2)nc1. The molecular formula is C26H26N6O4S. The van der Waals surface area contributed by atoms with Crippen LogP contribution in [-0.4, -0.2) is 60.0 Å². The Bertz CT molecular complexity index is 1610. The van der Waals surface area contributed by atoms with E-state index in [-0.39, 0.29) is 11.7 Å². The molecule has 1 fully saturated rings. The van der Waals surface area contributed by atoms with Crippen molar-refractivity contribution >= 4 is 44.2 Å². The molecule has 6 rings (SSSR count). The lowest BCUT2D eigenvalue weighted by molar-refractivity contribution is 0.101. The first-order valence-corrected chi connectivity index (χ1v) is 14.1. The van der Waals surface area contributed by atoms with E-state index in [0.29, 0.717) is 34.4 Å². The summed E-state index contributed by atoms with van der Waals surface area (Å²) < 4.78 is 30.0. The molecule has 0 amide bonds. The number of aromatic nitrogens is 4. The van der Waals surface area contributed by atoms with Crippen LogP contribution >= 0.6 is 0 Å². The summed E-state index contributed by atoms with van der Waals surface area (Å²) in [5.41, 5.74) is 4.95. The van der Waals surface area contributed by atoms with Gasteiger partial charge in [0, 0.05) is 49.5 Å². The Kier molecular flexibility index (Phi) is 5.67. The second-order valence-corrected chi connectivity index (χ2v) is 11.6. The quantitative estimate of drug-likeness (QED) is 0.361. The molecule has 0 spiro atoms. The van der Waals surface area contributed by atoms with Crippen molar-refractivity contribution in [3.63, 3.8) is 0 Å². The summed E-state index contributed by atoms with van der Waals surface area (Å²) in [6.45, 7) is 3.77. The second-order valence-electron chi connectivity index (χ2n) is 9.62. The van der Waals surface area contributed by atoms with Gasteiger partial charge in [0.1, 0.15) is 11.8 Å². The number of rotatable bonds is 5. The van der Waals surface area contributed by atoms with Gasteiger partial charge in [-0.25, -0.2) is 28.4 Å². The Morgan fingerprint density at radius 3 is 2.51 bits per heavy atom. The number of hydrogen-bond acceptors (Lipinski definition) is 10. The van der Waals surface area contributed by atoms with E-state index in [1.807, 2.05) is 6.07 Å².